The quantitative estimate of drug-likeness (QED) is 0.246. The third-order valence-electron chi connectivity index (χ3n) is 6.82. The van der Waals surface area contributed by atoms with Gasteiger partial charge in [-0.25, -0.2) is 0 Å². The Morgan fingerprint density at radius 1 is 1.13 bits per heavy atom. The Balaban J connectivity index is 0.00000186. The van der Waals surface area contributed by atoms with Gasteiger partial charge in [-0.05, 0) is 55.0 Å². The van der Waals surface area contributed by atoms with Crippen LogP contribution in [0.25, 0.3) is 11.8 Å². The fourth-order valence-electron chi connectivity index (χ4n) is 4.81. The Bertz CT molecular complexity index is 1170. The molecule has 4 rings (SSSR count). The number of hydrogen-bond acceptors (Lipinski definition) is 5. The SMILES string of the molecule is C=Cc1cccc(CN2CCC(N=C3C=C(c4ccccc4NC)NC(=[C-]C=NC)C3)CC2)c1C.CC.[CH3-].[Er]. The van der Waals surface area contributed by atoms with E-state index in [1.807, 2.05) is 33.0 Å². The average Bonchev–Trinajstić information content (AvgIpc) is 2.95. The van der Waals surface area contributed by atoms with Crippen LogP contribution in [-0.4, -0.2) is 50.1 Å². The summed E-state index contributed by atoms with van der Waals surface area (Å²) >= 11 is 0. The van der Waals surface area contributed by atoms with E-state index < -0.39 is 0 Å². The molecule has 6 heteroatoms. The molecule has 216 valence electrons. The minimum absolute atomic E-state index is 0. The molecular weight excluding hydrogens is 634 g/mol. The largest absolute Gasteiger partial charge is 0.433 e. The van der Waals surface area contributed by atoms with Crippen molar-refractivity contribution >= 4 is 29.4 Å². The topological polar surface area (TPSA) is 52.0 Å². The van der Waals surface area contributed by atoms with E-state index in [1.165, 1.54) is 16.7 Å². The van der Waals surface area contributed by atoms with E-state index in [2.05, 4.69) is 82.6 Å². The maximum atomic E-state index is 5.21. The maximum absolute atomic E-state index is 5.21. The molecule has 39 heavy (non-hydrogen) atoms. The molecule has 0 bridgehead atoms. The van der Waals surface area contributed by atoms with Crippen LogP contribution in [0.4, 0.5) is 5.69 Å². The number of allylic oxidation sites excluding steroid dienone is 3. The van der Waals surface area contributed by atoms with Crippen LogP contribution >= 0.6 is 0 Å². The van der Waals surface area contributed by atoms with Crippen LogP contribution in [0.5, 0.6) is 0 Å². The van der Waals surface area contributed by atoms with Gasteiger partial charge in [0.25, 0.3) is 0 Å². The van der Waals surface area contributed by atoms with Gasteiger partial charge in [0.2, 0.25) is 0 Å². The second-order valence-corrected chi connectivity index (χ2v) is 9.13. The van der Waals surface area contributed by atoms with Crippen molar-refractivity contribution in [2.24, 2.45) is 9.98 Å². The van der Waals surface area contributed by atoms with Crippen LogP contribution in [0, 0.1) is 57.7 Å². The van der Waals surface area contributed by atoms with Gasteiger partial charge in [0, 0.05) is 93.7 Å². The summed E-state index contributed by atoms with van der Waals surface area (Å²) in [5.74, 6) is 0. The normalized spacial score (nSPS) is 17.8. The first-order chi connectivity index (χ1) is 18.1. The van der Waals surface area contributed by atoms with Gasteiger partial charge in [-0.15, -0.1) is 0 Å². The van der Waals surface area contributed by atoms with Crippen molar-refractivity contribution in [3.8, 4) is 0 Å². The van der Waals surface area contributed by atoms with Crippen molar-refractivity contribution in [2.75, 3.05) is 32.5 Å². The van der Waals surface area contributed by atoms with E-state index in [1.54, 1.807) is 13.3 Å². The Kier molecular flexibility index (Phi) is 16.3. The van der Waals surface area contributed by atoms with Gasteiger partial charge in [0.15, 0.2) is 0 Å². The van der Waals surface area contributed by atoms with Crippen molar-refractivity contribution in [1.29, 1.82) is 0 Å². The first-order valence-electron chi connectivity index (χ1n) is 13.4. The van der Waals surface area contributed by atoms with E-state index in [-0.39, 0.29) is 44.7 Å². The molecule has 0 radical (unpaired) electrons. The fraction of sp³-hybridized carbons (Fsp3) is 0.364. The van der Waals surface area contributed by atoms with E-state index in [9.17, 15) is 0 Å². The van der Waals surface area contributed by atoms with E-state index in [0.717, 1.165) is 67.3 Å². The molecule has 2 N–H and O–H groups in total. The van der Waals surface area contributed by atoms with Crippen LogP contribution in [-0.2, 0) is 6.54 Å². The molecule has 0 aliphatic carbocycles. The third kappa shape index (κ3) is 9.74. The molecule has 2 aromatic carbocycles. The van der Waals surface area contributed by atoms with Crippen LogP contribution < -0.4 is 10.6 Å². The zero-order chi connectivity index (χ0) is 26.6. The molecular formula is C33H45ErN5-2. The first kappa shape index (κ1) is 34.8. The molecule has 0 unspecified atom stereocenters. The Labute approximate surface area is 266 Å². The van der Waals surface area contributed by atoms with Gasteiger partial charge in [-0.1, -0.05) is 62.9 Å². The van der Waals surface area contributed by atoms with E-state index >= 15 is 0 Å². The number of rotatable bonds is 7. The smallest absolute Gasteiger partial charge is 0.0527 e. The van der Waals surface area contributed by atoms with Crippen LogP contribution in [0.15, 0.2) is 70.8 Å². The summed E-state index contributed by atoms with van der Waals surface area (Å²) in [5, 5.41) is 6.83. The summed E-state index contributed by atoms with van der Waals surface area (Å²) in [6.45, 7) is 13.3. The third-order valence-corrected chi connectivity index (χ3v) is 6.82. The monoisotopic (exact) mass is 677 g/mol. The van der Waals surface area contributed by atoms with Gasteiger partial charge >= 0.3 is 0 Å². The molecule has 2 heterocycles. The summed E-state index contributed by atoms with van der Waals surface area (Å²) in [4.78, 5) is 11.8. The predicted octanol–water partition coefficient (Wildman–Crippen LogP) is 6.98. The summed E-state index contributed by atoms with van der Waals surface area (Å²) < 4.78 is 0. The zero-order valence-corrected chi connectivity index (χ0v) is 26.3. The van der Waals surface area contributed by atoms with Crippen molar-refractivity contribution in [3.05, 3.63) is 96.6 Å². The number of likely N-dealkylation sites (tertiary alicyclic amines) is 1. The Hall–Kier alpha value is -2.19. The van der Waals surface area contributed by atoms with E-state index in [0.29, 0.717) is 6.04 Å². The van der Waals surface area contributed by atoms with Gasteiger partial charge in [-0.3, -0.25) is 9.89 Å². The summed E-state index contributed by atoms with van der Waals surface area (Å²) in [6, 6.07) is 15.2. The minimum Gasteiger partial charge on any atom is -0.433 e. The molecule has 0 aromatic heterocycles. The molecule has 1 fully saturated rings. The average molecular weight is 679 g/mol. The molecule has 5 nitrogen and oxygen atoms in total. The van der Waals surface area contributed by atoms with Crippen LogP contribution in [0.2, 0.25) is 0 Å². The van der Waals surface area contributed by atoms with Gasteiger partial charge in [0.1, 0.15) is 0 Å². The molecule has 0 saturated carbocycles. The second kappa shape index (κ2) is 18.2. The van der Waals surface area contributed by atoms with Crippen molar-refractivity contribution < 1.29 is 37.3 Å². The van der Waals surface area contributed by atoms with Crippen molar-refractivity contribution in [1.82, 2.24) is 10.2 Å². The van der Waals surface area contributed by atoms with Gasteiger partial charge in [-0.2, -0.15) is 11.9 Å². The maximum Gasteiger partial charge on any atom is 0.0527 e. The number of aliphatic imine (C=N–C) groups is 2. The predicted molar refractivity (Wildman–Crippen MR) is 168 cm³/mol. The second-order valence-electron chi connectivity index (χ2n) is 9.13. The first-order valence-corrected chi connectivity index (χ1v) is 13.4. The number of nitrogens with zero attached hydrogens (tertiary/aromatic N) is 3. The summed E-state index contributed by atoms with van der Waals surface area (Å²) in [6.07, 6.45) is 12.0. The molecule has 2 aliphatic heterocycles. The van der Waals surface area contributed by atoms with Crippen LogP contribution in [0.3, 0.4) is 0 Å². The summed E-state index contributed by atoms with van der Waals surface area (Å²) in [7, 11) is 3.72. The minimum atomic E-state index is 0. The van der Waals surface area contributed by atoms with Gasteiger partial charge < -0.3 is 29.1 Å². The fourth-order valence-corrected chi connectivity index (χ4v) is 4.81. The molecule has 0 spiro atoms. The Morgan fingerprint density at radius 3 is 2.51 bits per heavy atom. The number of nitrogens with one attached hydrogen (secondary N) is 2. The Morgan fingerprint density at radius 2 is 1.85 bits per heavy atom. The van der Waals surface area contributed by atoms with E-state index in [4.69, 9.17) is 4.99 Å². The number of benzene rings is 2. The van der Waals surface area contributed by atoms with Crippen molar-refractivity contribution in [3.63, 3.8) is 0 Å². The number of hydrogen-bond donors (Lipinski definition) is 2. The molecule has 2 aromatic rings. The molecule has 0 atom stereocenters. The summed E-state index contributed by atoms with van der Waals surface area (Å²) in [5.41, 5.74) is 9.31. The number of anilines is 1. The van der Waals surface area contributed by atoms with Gasteiger partial charge in [0.05, 0.1) is 6.04 Å². The number of piperidine rings is 1. The van der Waals surface area contributed by atoms with Crippen molar-refractivity contribution in [2.45, 2.75) is 52.6 Å². The zero-order valence-electron chi connectivity index (χ0n) is 24.4. The molecule has 2 aliphatic rings. The standard InChI is InChI=1S/C30H36N5.C2H6.CH3.Er/c1-5-23-9-8-10-24(22(23)2)21-35-17-14-25(15-18-35)33-27-19-26(13-16-31-3)34-30(20-27)28-11-6-7-12-29(28)32-4;1-2;;/h5-12,16,20,25,32,34H,1,14-15,17-19,21H2,2-4H3;1-2H3;1H3;/q-1;;-1;. The number of para-hydroxylation sites is 1. The molecule has 1 saturated heterocycles. The molecule has 0 amide bonds. The van der Waals surface area contributed by atoms with Crippen LogP contribution in [0.1, 0.15) is 55.4 Å².